The third kappa shape index (κ3) is 3.84. The van der Waals surface area contributed by atoms with E-state index in [0.717, 1.165) is 18.6 Å². The molecule has 2 amide bonds. The van der Waals surface area contributed by atoms with Crippen molar-refractivity contribution in [3.63, 3.8) is 0 Å². The molecule has 0 bridgehead atoms. The number of ether oxygens (including phenoxy) is 1. The Kier molecular flexibility index (Phi) is 4.84. The first-order chi connectivity index (χ1) is 11.1. The number of nitrogens with zero attached hydrogens (tertiary/aromatic N) is 1. The Bertz CT molecular complexity index is 556. The summed E-state index contributed by atoms with van der Waals surface area (Å²) in [6.45, 7) is 1.18. The highest BCUT2D eigenvalue weighted by Gasteiger charge is 2.26. The number of primary amides is 1. The second kappa shape index (κ2) is 7.02. The van der Waals surface area contributed by atoms with E-state index in [1.54, 1.807) is 4.90 Å². The second-order valence-corrected chi connectivity index (χ2v) is 6.52. The van der Waals surface area contributed by atoms with Crippen LogP contribution >= 0.6 is 0 Å². The minimum atomic E-state index is -0.259. The van der Waals surface area contributed by atoms with Gasteiger partial charge < -0.3 is 15.4 Å². The van der Waals surface area contributed by atoms with Gasteiger partial charge in [0.15, 0.2) is 0 Å². The molecule has 1 aromatic rings. The molecule has 124 valence electrons. The second-order valence-electron chi connectivity index (χ2n) is 6.52. The molecular weight excluding hydrogens is 292 g/mol. The smallest absolute Gasteiger partial charge is 0.253 e. The van der Waals surface area contributed by atoms with Gasteiger partial charge in [0.2, 0.25) is 5.91 Å². The molecule has 3 rings (SSSR count). The number of hydrogen-bond acceptors (Lipinski definition) is 3. The lowest BCUT2D eigenvalue weighted by Gasteiger charge is -2.30. The van der Waals surface area contributed by atoms with Crippen molar-refractivity contribution in [2.24, 2.45) is 11.7 Å². The van der Waals surface area contributed by atoms with E-state index >= 15 is 0 Å². The first-order valence-corrected chi connectivity index (χ1v) is 8.49. The summed E-state index contributed by atoms with van der Waals surface area (Å²) in [6.07, 6.45) is 6.36. The van der Waals surface area contributed by atoms with E-state index in [1.165, 1.54) is 12.8 Å². The summed E-state index contributed by atoms with van der Waals surface area (Å²) in [5.74, 6) is 0.493. The van der Waals surface area contributed by atoms with E-state index < -0.39 is 0 Å². The molecule has 1 aliphatic carbocycles. The molecule has 0 radical (unpaired) electrons. The van der Waals surface area contributed by atoms with E-state index in [0.29, 0.717) is 37.6 Å². The average Bonchev–Trinajstić information content (AvgIpc) is 3.08. The summed E-state index contributed by atoms with van der Waals surface area (Å²) < 4.78 is 5.92. The van der Waals surface area contributed by atoms with Crippen LogP contribution in [-0.2, 0) is 4.79 Å². The molecule has 0 unspecified atom stereocenters. The predicted molar refractivity (Wildman–Crippen MR) is 87.1 cm³/mol. The number of carbonyl (C=O) groups is 2. The minimum absolute atomic E-state index is 0.0142. The molecule has 5 heteroatoms. The summed E-state index contributed by atoms with van der Waals surface area (Å²) >= 11 is 0. The molecule has 2 aliphatic rings. The molecule has 1 aromatic carbocycles. The van der Waals surface area contributed by atoms with Crippen LogP contribution in [0.15, 0.2) is 24.3 Å². The van der Waals surface area contributed by atoms with Gasteiger partial charge in [-0.2, -0.15) is 0 Å². The number of carbonyl (C=O) groups excluding carboxylic acids is 2. The number of piperidine rings is 1. The maximum absolute atomic E-state index is 12.5. The van der Waals surface area contributed by atoms with Crippen LogP contribution < -0.4 is 10.5 Å². The molecule has 2 N–H and O–H groups in total. The van der Waals surface area contributed by atoms with Crippen molar-refractivity contribution in [3.8, 4) is 5.75 Å². The van der Waals surface area contributed by atoms with Gasteiger partial charge in [0, 0.05) is 24.6 Å². The van der Waals surface area contributed by atoms with Crippen LogP contribution in [-0.4, -0.2) is 35.9 Å². The molecule has 0 atom stereocenters. The minimum Gasteiger partial charge on any atom is -0.490 e. The van der Waals surface area contributed by atoms with Crippen molar-refractivity contribution in [2.45, 2.75) is 44.6 Å². The van der Waals surface area contributed by atoms with E-state index in [-0.39, 0.29) is 17.7 Å². The maximum atomic E-state index is 12.5. The lowest BCUT2D eigenvalue weighted by Crippen LogP contribution is -2.41. The molecule has 1 aliphatic heterocycles. The summed E-state index contributed by atoms with van der Waals surface area (Å²) in [4.78, 5) is 25.5. The van der Waals surface area contributed by atoms with Crippen LogP contribution in [0.2, 0.25) is 0 Å². The molecular formula is C18H24N2O3. The fourth-order valence-electron chi connectivity index (χ4n) is 3.42. The van der Waals surface area contributed by atoms with Gasteiger partial charge in [-0.1, -0.05) is 0 Å². The Labute approximate surface area is 136 Å². The van der Waals surface area contributed by atoms with Crippen molar-refractivity contribution < 1.29 is 14.3 Å². The van der Waals surface area contributed by atoms with Gasteiger partial charge in [-0.25, -0.2) is 0 Å². The van der Waals surface area contributed by atoms with Crippen LogP contribution in [0.4, 0.5) is 0 Å². The quantitative estimate of drug-likeness (QED) is 0.926. The number of benzene rings is 1. The van der Waals surface area contributed by atoms with Crippen LogP contribution in [0.5, 0.6) is 5.75 Å². The van der Waals surface area contributed by atoms with Crippen LogP contribution in [0.25, 0.3) is 0 Å². The third-order valence-electron chi connectivity index (χ3n) is 4.89. The molecule has 2 fully saturated rings. The lowest BCUT2D eigenvalue weighted by molar-refractivity contribution is -0.123. The summed E-state index contributed by atoms with van der Waals surface area (Å²) in [5, 5.41) is 0. The zero-order chi connectivity index (χ0) is 16.2. The molecule has 1 saturated carbocycles. The van der Waals surface area contributed by atoms with E-state index in [2.05, 4.69) is 0 Å². The standard InChI is InChI=1S/C18H24N2O3/c19-17(21)13-9-11-20(12-10-13)18(22)14-5-7-16(8-6-14)23-15-3-1-2-4-15/h5-8,13,15H,1-4,9-12H2,(H2,19,21). The van der Waals surface area contributed by atoms with Crippen molar-refractivity contribution in [1.29, 1.82) is 0 Å². The lowest BCUT2D eigenvalue weighted by atomic mass is 9.96. The van der Waals surface area contributed by atoms with Gasteiger partial charge in [-0.05, 0) is 62.8 Å². The van der Waals surface area contributed by atoms with E-state index in [4.69, 9.17) is 10.5 Å². The largest absolute Gasteiger partial charge is 0.490 e. The molecule has 1 heterocycles. The Morgan fingerprint density at radius 1 is 1.00 bits per heavy atom. The van der Waals surface area contributed by atoms with Gasteiger partial charge in [-0.15, -0.1) is 0 Å². The van der Waals surface area contributed by atoms with Crippen molar-refractivity contribution in [3.05, 3.63) is 29.8 Å². The van der Waals surface area contributed by atoms with Gasteiger partial charge in [-0.3, -0.25) is 9.59 Å². The normalized spacial score (nSPS) is 19.7. The molecule has 0 aromatic heterocycles. The van der Waals surface area contributed by atoms with E-state index in [1.807, 2.05) is 24.3 Å². The van der Waals surface area contributed by atoms with Gasteiger partial charge in [0.1, 0.15) is 5.75 Å². The highest BCUT2D eigenvalue weighted by atomic mass is 16.5. The van der Waals surface area contributed by atoms with Gasteiger partial charge in [0.25, 0.3) is 5.91 Å². The summed E-state index contributed by atoms with van der Waals surface area (Å²) in [6, 6.07) is 7.41. The Morgan fingerprint density at radius 2 is 1.61 bits per heavy atom. The highest BCUT2D eigenvalue weighted by molar-refractivity contribution is 5.94. The van der Waals surface area contributed by atoms with Crippen LogP contribution in [0, 0.1) is 5.92 Å². The topological polar surface area (TPSA) is 72.6 Å². The van der Waals surface area contributed by atoms with Crippen molar-refractivity contribution in [1.82, 2.24) is 4.90 Å². The molecule has 0 spiro atoms. The monoisotopic (exact) mass is 316 g/mol. The Morgan fingerprint density at radius 3 is 2.17 bits per heavy atom. The van der Waals surface area contributed by atoms with Crippen molar-refractivity contribution >= 4 is 11.8 Å². The average molecular weight is 316 g/mol. The first kappa shape index (κ1) is 15.8. The SMILES string of the molecule is NC(=O)C1CCN(C(=O)c2ccc(OC3CCCC3)cc2)CC1. The predicted octanol–water partition coefficient (Wildman–Crippen LogP) is 2.35. The molecule has 1 saturated heterocycles. The Hall–Kier alpha value is -2.04. The number of amides is 2. The highest BCUT2D eigenvalue weighted by Crippen LogP contribution is 2.25. The van der Waals surface area contributed by atoms with E-state index in [9.17, 15) is 9.59 Å². The number of hydrogen-bond donors (Lipinski definition) is 1. The fourth-order valence-corrected chi connectivity index (χ4v) is 3.42. The number of rotatable bonds is 4. The summed E-state index contributed by atoms with van der Waals surface area (Å²) in [5.41, 5.74) is 6.00. The zero-order valence-corrected chi connectivity index (χ0v) is 13.4. The fraction of sp³-hybridized carbons (Fsp3) is 0.556. The first-order valence-electron chi connectivity index (χ1n) is 8.49. The maximum Gasteiger partial charge on any atom is 0.253 e. The number of nitrogens with two attached hydrogens (primary N) is 1. The Balaban J connectivity index is 1.56. The summed E-state index contributed by atoms with van der Waals surface area (Å²) in [7, 11) is 0. The molecule has 5 nitrogen and oxygen atoms in total. The van der Waals surface area contributed by atoms with Crippen molar-refractivity contribution in [2.75, 3.05) is 13.1 Å². The van der Waals surface area contributed by atoms with Gasteiger partial charge >= 0.3 is 0 Å². The van der Waals surface area contributed by atoms with Gasteiger partial charge in [0.05, 0.1) is 6.10 Å². The van der Waals surface area contributed by atoms with Crippen LogP contribution in [0.3, 0.4) is 0 Å². The molecule has 23 heavy (non-hydrogen) atoms. The van der Waals surface area contributed by atoms with Crippen LogP contribution in [0.1, 0.15) is 48.9 Å². The zero-order valence-electron chi connectivity index (χ0n) is 13.4. The third-order valence-corrected chi connectivity index (χ3v) is 4.89. The number of likely N-dealkylation sites (tertiary alicyclic amines) is 1.